The number of nitrogens with one attached hydrogen (secondary N) is 1. The summed E-state index contributed by atoms with van der Waals surface area (Å²) in [7, 11) is 1.62. The SMILES string of the molecule is COCCNC(=O)c1cc(-c2cccnc2)c(N2CCOCC2)s1. The van der Waals surface area contributed by atoms with Crippen molar-refractivity contribution in [1.82, 2.24) is 10.3 Å². The molecule has 6 nitrogen and oxygen atoms in total. The number of hydrogen-bond donors (Lipinski definition) is 1. The molecule has 1 aliphatic heterocycles. The van der Waals surface area contributed by atoms with Crippen LogP contribution in [0.1, 0.15) is 9.67 Å². The summed E-state index contributed by atoms with van der Waals surface area (Å²) < 4.78 is 10.4. The van der Waals surface area contributed by atoms with Gasteiger partial charge in [-0.15, -0.1) is 11.3 Å². The van der Waals surface area contributed by atoms with Crippen molar-refractivity contribution >= 4 is 22.2 Å². The minimum absolute atomic E-state index is 0.0679. The van der Waals surface area contributed by atoms with Crippen molar-refractivity contribution in [2.45, 2.75) is 0 Å². The lowest BCUT2D eigenvalue weighted by Crippen LogP contribution is -2.35. The van der Waals surface area contributed by atoms with Crippen LogP contribution in [0.5, 0.6) is 0 Å². The van der Waals surface area contributed by atoms with Crippen LogP contribution in [0.2, 0.25) is 0 Å². The number of nitrogens with zero attached hydrogens (tertiary/aromatic N) is 2. The molecule has 2 aromatic heterocycles. The van der Waals surface area contributed by atoms with Crippen LogP contribution in [-0.2, 0) is 9.47 Å². The molecule has 1 N–H and O–H groups in total. The van der Waals surface area contributed by atoms with Crippen LogP contribution in [0, 0.1) is 0 Å². The fraction of sp³-hybridized carbons (Fsp3) is 0.412. The highest BCUT2D eigenvalue weighted by atomic mass is 32.1. The lowest BCUT2D eigenvalue weighted by Gasteiger charge is -2.28. The van der Waals surface area contributed by atoms with Gasteiger partial charge in [0.05, 0.1) is 29.7 Å². The Hall–Kier alpha value is -1.96. The van der Waals surface area contributed by atoms with Gasteiger partial charge in [0.2, 0.25) is 0 Å². The van der Waals surface area contributed by atoms with Gasteiger partial charge in [0.25, 0.3) is 5.91 Å². The molecule has 2 aromatic rings. The van der Waals surface area contributed by atoms with E-state index in [0.29, 0.717) is 31.2 Å². The second-order valence-corrected chi connectivity index (χ2v) is 6.45. The van der Waals surface area contributed by atoms with Gasteiger partial charge < -0.3 is 19.7 Å². The maximum atomic E-state index is 12.4. The summed E-state index contributed by atoms with van der Waals surface area (Å²) >= 11 is 1.52. The molecule has 0 bridgehead atoms. The van der Waals surface area contributed by atoms with Gasteiger partial charge in [-0.25, -0.2) is 0 Å². The number of rotatable bonds is 6. The molecule has 24 heavy (non-hydrogen) atoms. The highest BCUT2D eigenvalue weighted by Gasteiger charge is 2.21. The summed E-state index contributed by atoms with van der Waals surface area (Å²) in [5, 5.41) is 3.98. The topological polar surface area (TPSA) is 63.7 Å². The van der Waals surface area contributed by atoms with E-state index >= 15 is 0 Å². The smallest absolute Gasteiger partial charge is 0.261 e. The van der Waals surface area contributed by atoms with E-state index in [0.717, 1.165) is 29.2 Å². The number of thiophene rings is 1. The Morgan fingerprint density at radius 3 is 3.00 bits per heavy atom. The summed E-state index contributed by atoms with van der Waals surface area (Å²) in [6.45, 7) is 4.09. The Bertz CT molecular complexity index is 669. The molecular weight excluding hydrogens is 326 g/mol. The second-order valence-electron chi connectivity index (χ2n) is 5.42. The van der Waals surface area contributed by atoms with Gasteiger partial charge in [0, 0.05) is 50.3 Å². The van der Waals surface area contributed by atoms with Crippen molar-refractivity contribution in [3.8, 4) is 11.1 Å². The Kier molecular flexibility index (Phi) is 5.79. The minimum atomic E-state index is -0.0679. The van der Waals surface area contributed by atoms with Gasteiger partial charge in [-0.2, -0.15) is 0 Å². The zero-order valence-electron chi connectivity index (χ0n) is 13.7. The van der Waals surface area contributed by atoms with E-state index in [9.17, 15) is 4.79 Å². The van der Waals surface area contributed by atoms with Crippen molar-refractivity contribution < 1.29 is 14.3 Å². The normalized spacial score (nSPS) is 14.6. The van der Waals surface area contributed by atoms with Gasteiger partial charge >= 0.3 is 0 Å². The number of carbonyl (C=O) groups excluding carboxylic acids is 1. The Morgan fingerprint density at radius 1 is 1.46 bits per heavy atom. The van der Waals surface area contributed by atoms with Gasteiger partial charge in [-0.05, 0) is 12.1 Å². The summed E-state index contributed by atoms with van der Waals surface area (Å²) in [6.07, 6.45) is 3.58. The van der Waals surface area contributed by atoms with Crippen molar-refractivity contribution in [3.05, 3.63) is 35.5 Å². The first-order chi connectivity index (χ1) is 11.8. The molecule has 128 valence electrons. The number of methoxy groups -OCH3 is 1. The fourth-order valence-corrected chi connectivity index (χ4v) is 3.73. The van der Waals surface area contributed by atoms with Crippen LogP contribution in [0.3, 0.4) is 0 Å². The van der Waals surface area contributed by atoms with Crippen molar-refractivity contribution in [3.63, 3.8) is 0 Å². The fourth-order valence-electron chi connectivity index (χ4n) is 2.58. The molecule has 0 aromatic carbocycles. The van der Waals surface area contributed by atoms with Crippen molar-refractivity contribution in [2.75, 3.05) is 51.5 Å². The molecule has 0 saturated carbocycles. The molecule has 1 aliphatic rings. The van der Waals surface area contributed by atoms with E-state index in [1.807, 2.05) is 24.4 Å². The van der Waals surface area contributed by atoms with Crippen LogP contribution in [0.15, 0.2) is 30.6 Å². The molecule has 1 amide bonds. The number of anilines is 1. The molecule has 0 aliphatic carbocycles. The summed E-state index contributed by atoms with van der Waals surface area (Å²) in [5.41, 5.74) is 2.07. The lowest BCUT2D eigenvalue weighted by atomic mass is 10.1. The van der Waals surface area contributed by atoms with E-state index in [1.165, 1.54) is 11.3 Å². The third-order valence-corrected chi connectivity index (χ3v) is 4.99. The lowest BCUT2D eigenvalue weighted by molar-refractivity contribution is 0.0941. The molecule has 0 unspecified atom stereocenters. The molecule has 3 heterocycles. The Labute approximate surface area is 145 Å². The predicted molar refractivity (Wildman–Crippen MR) is 94.8 cm³/mol. The molecule has 0 atom stereocenters. The van der Waals surface area contributed by atoms with E-state index in [-0.39, 0.29) is 5.91 Å². The van der Waals surface area contributed by atoms with Crippen LogP contribution >= 0.6 is 11.3 Å². The molecule has 1 fully saturated rings. The maximum Gasteiger partial charge on any atom is 0.261 e. The average Bonchev–Trinajstić information content (AvgIpc) is 3.09. The van der Waals surface area contributed by atoms with Crippen molar-refractivity contribution in [2.24, 2.45) is 0 Å². The molecule has 0 spiro atoms. The average molecular weight is 347 g/mol. The number of aromatic nitrogens is 1. The molecule has 7 heteroatoms. The predicted octanol–water partition coefficient (Wildman–Crippen LogP) is 2.02. The third kappa shape index (κ3) is 3.92. The van der Waals surface area contributed by atoms with Crippen LogP contribution < -0.4 is 10.2 Å². The standard InChI is InChI=1S/C17H21N3O3S/c1-22-8-5-19-16(21)15-11-14(13-3-2-4-18-12-13)17(24-15)20-6-9-23-10-7-20/h2-4,11-12H,5-10H2,1H3,(H,19,21). The maximum absolute atomic E-state index is 12.4. The third-order valence-electron chi connectivity index (χ3n) is 3.80. The summed E-state index contributed by atoms with van der Waals surface area (Å²) in [6, 6.07) is 5.88. The zero-order valence-corrected chi connectivity index (χ0v) is 14.5. The van der Waals surface area contributed by atoms with Crippen LogP contribution in [0.25, 0.3) is 11.1 Å². The first-order valence-electron chi connectivity index (χ1n) is 7.93. The summed E-state index contributed by atoms with van der Waals surface area (Å²) in [5.74, 6) is -0.0679. The highest BCUT2D eigenvalue weighted by Crippen LogP contribution is 2.39. The molecule has 1 saturated heterocycles. The van der Waals surface area contributed by atoms with Crippen LogP contribution in [0.4, 0.5) is 5.00 Å². The number of ether oxygens (including phenoxy) is 2. The zero-order chi connectivity index (χ0) is 16.8. The van der Waals surface area contributed by atoms with Gasteiger partial charge in [-0.1, -0.05) is 6.07 Å². The first-order valence-corrected chi connectivity index (χ1v) is 8.75. The number of pyridine rings is 1. The van der Waals surface area contributed by atoms with Crippen molar-refractivity contribution in [1.29, 1.82) is 0 Å². The van der Waals surface area contributed by atoms with E-state index in [4.69, 9.17) is 9.47 Å². The van der Waals surface area contributed by atoms with E-state index < -0.39 is 0 Å². The second kappa shape index (κ2) is 8.23. The van der Waals surface area contributed by atoms with Gasteiger partial charge in [0.15, 0.2) is 0 Å². The van der Waals surface area contributed by atoms with E-state index in [2.05, 4.69) is 15.2 Å². The molecule has 3 rings (SSSR count). The van der Waals surface area contributed by atoms with Crippen LogP contribution in [-0.4, -0.2) is 57.5 Å². The monoisotopic (exact) mass is 347 g/mol. The van der Waals surface area contributed by atoms with Gasteiger partial charge in [-0.3, -0.25) is 9.78 Å². The molecule has 0 radical (unpaired) electrons. The molecular formula is C17H21N3O3S. The Balaban J connectivity index is 1.88. The highest BCUT2D eigenvalue weighted by molar-refractivity contribution is 7.18. The number of morpholine rings is 1. The summed E-state index contributed by atoms with van der Waals surface area (Å²) in [4.78, 5) is 19.6. The Morgan fingerprint density at radius 2 is 2.29 bits per heavy atom. The largest absolute Gasteiger partial charge is 0.383 e. The van der Waals surface area contributed by atoms with E-state index in [1.54, 1.807) is 13.3 Å². The quantitative estimate of drug-likeness (QED) is 0.810. The number of carbonyl (C=O) groups is 1. The number of hydrogen-bond acceptors (Lipinski definition) is 6. The minimum Gasteiger partial charge on any atom is -0.383 e. The number of amides is 1. The first kappa shape index (κ1) is 16.9. The van der Waals surface area contributed by atoms with Gasteiger partial charge in [0.1, 0.15) is 0 Å².